The van der Waals surface area contributed by atoms with Crippen LogP contribution in [0.2, 0.25) is 0 Å². The molecule has 0 unspecified atom stereocenters. The molecule has 2 aromatic rings. The highest BCUT2D eigenvalue weighted by Gasteiger charge is 2.15. The van der Waals surface area contributed by atoms with E-state index in [1.807, 2.05) is 30.6 Å². The van der Waals surface area contributed by atoms with Crippen molar-refractivity contribution in [2.24, 2.45) is 0 Å². The molecule has 1 aromatic heterocycles. The highest BCUT2D eigenvalue weighted by Crippen LogP contribution is 2.18. The summed E-state index contributed by atoms with van der Waals surface area (Å²) in [6, 6.07) is 14.2. The molecular formula is C18H20N4. The normalized spacial score (nSPS) is 16.0. The minimum atomic E-state index is 0.719. The van der Waals surface area contributed by atoms with Crippen molar-refractivity contribution in [3.8, 4) is 6.07 Å². The molecule has 22 heavy (non-hydrogen) atoms. The summed E-state index contributed by atoms with van der Waals surface area (Å²) in [6.45, 7) is 5.22. The van der Waals surface area contributed by atoms with Crippen LogP contribution in [0.5, 0.6) is 0 Å². The second kappa shape index (κ2) is 7.06. The van der Waals surface area contributed by atoms with Gasteiger partial charge >= 0.3 is 0 Å². The summed E-state index contributed by atoms with van der Waals surface area (Å²) in [5.74, 6) is 0. The molecule has 1 aromatic carbocycles. The van der Waals surface area contributed by atoms with Crippen LogP contribution in [0.4, 0.5) is 5.69 Å². The number of rotatable bonds is 3. The van der Waals surface area contributed by atoms with Crippen molar-refractivity contribution in [2.45, 2.75) is 13.0 Å². The average molecular weight is 292 g/mol. The summed E-state index contributed by atoms with van der Waals surface area (Å²) >= 11 is 0. The van der Waals surface area contributed by atoms with E-state index in [0.29, 0.717) is 0 Å². The van der Waals surface area contributed by atoms with Crippen LogP contribution in [-0.4, -0.2) is 36.1 Å². The molecule has 3 rings (SSSR count). The molecule has 0 N–H and O–H groups in total. The van der Waals surface area contributed by atoms with Gasteiger partial charge in [-0.05, 0) is 42.3 Å². The first-order valence-electron chi connectivity index (χ1n) is 7.71. The van der Waals surface area contributed by atoms with Crippen molar-refractivity contribution in [3.63, 3.8) is 0 Å². The van der Waals surface area contributed by atoms with Crippen LogP contribution in [0.1, 0.15) is 17.5 Å². The van der Waals surface area contributed by atoms with Crippen molar-refractivity contribution in [3.05, 3.63) is 59.9 Å². The number of nitrogens with zero attached hydrogens (tertiary/aromatic N) is 4. The first kappa shape index (κ1) is 14.6. The topological polar surface area (TPSA) is 43.2 Å². The fraction of sp³-hybridized carbons (Fsp3) is 0.333. The van der Waals surface area contributed by atoms with E-state index in [1.54, 1.807) is 0 Å². The molecule has 2 heterocycles. The van der Waals surface area contributed by atoms with Crippen molar-refractivity contribution >= 4 is 5.69 Å². The minimum absolute atomic E-state index is 0.719. The van der Waals surface area contributed by atoms with Gasteiger partial charge in [0.25, 0.3) is 0 Å². The molecule has 0 bridgehead atoms. The van der Waals surface area contributed by atoms with E-state index < -0.39 is 0 Å². The van der Waals surface area contributed by atoms with E-state index >= 15 is 0 Å². The fourth-order valence-electron chi connectivity index (χ4n) is 2.88. The molecule has 4 nitrogen and oxygen atoms in total. The largest absolute Gasteiger partial charge is 0.370 e. The van der Waals surface area contributed by atoms with Crippen LogP contribution in [0.25, 0.3) is 0 Å². The van der Waals surface area contributed by atoms with Gasteiger partial charge < -0.3 is 4.90 Å². The summed E-state index contributed by atoms with van der Waals surface area (Å²) in [7, 11) is 0. The number of benzene rings is 1. The van der Waals surface area contributed by atoms with Gasteiger partial charge in [0.05, 0.1) is 11.6 Å². The van der Waals surface area contributed by atoms with Gasteiger partial charge in [-0.1, -0.05) is 6.07 Å². The molecule has 1 aliphatic heterocycles. The zero-order valence-corrected chi connectivity index (χ0v) is 12.7. The summed E-state index contributed by atoms with van der Waals surface area (Å²) in [4.78, 5) is 9.08. The fourth-order valence-corrected chi connectivity index (χ4v) is 2.88. The minimum Gasteiger partial charge on any atom is -0.370 e. The van der Waals surface area contributed by atoms with E-state index in [4.69, 9.17) is 5.26 Å². The molecule has 0 spiro atoms. The van der Waals surface area contributed by atoms with Crippen molar-refractivity contribution in [2.75, 3.05) is 31.1 Å². The average Bonchev–Trinajstić information content (AvgIpc) is 2.82. The van der Waals surface area contributed by atoms with Crippen molar-refractivity contribution in [1.82, 2.24) is 9.88 Å². The molecule has 112 valence electrons. The SMILES string of the molecule is N#Cc1ccc(N2CCCN(Cc3cccnc3)CC2)cc1. The Morgan fingerprint density at radius 2 is 1.91 bits per heavy atom. The van der Waals surface area contributed by atoms with Gasteiger partial charge in [0.2, 0.25) is 0 Å². The van der Waals surface area contributed by atoms with Crippen molar-refractivity contribution < 1.29 is 0 Å². The number of hydrogen-bond acceptors (Lipinski definition) is 4. The molecule has 0 atom stereocenters. The Hall–Kier alpha value is -2.38. The van der Waals surface area contributed by atoms with Crippen LogP contribution in [0, 0.1) is 11.3 Å². The van der Waals surface area contributed by atoms with Crippen LogP contribution in [0.3, 0.4) is 0 Å². The summed E-state index contributed by atoms with van der Waals surface area (Å²) in [5, 5.41) is 8.88. The molecule has 0 radical (unpaired) electrons. The zero-order chi connectivity index (χ0) is 15.2. The van der Waals surface area contributed by atoms with Crippen LogP contribution in [-0.2, 0) is 6.54 Å². The van der Waals surface area contributed by atoms with Gasteiger partial charge in [-0.2, -0.15) is 5.26 Å². The lowest BCUT2D eigenvalue weighted by atomic mass is 10.2. The maximum atomic E-state index is 8.88. The highest BCUT2D eigenvalue weighted by molar-refractivity contribution is 5.49. The number of pyridine rings is 1. The maximum absolute atomic E-state index is 8.88. The Kier molecular flexibility index (Phi) is 4.67. The zero-order valence-electron chi connectivity index (χ0n) is 12.7. The van der Waals surface area contributed by atoms with E-state index in [1.165, 1.54) is 11.3 Å². The number of anilines is 1. The van der Waals surface area contributed by atoms with Crippen LogP contribution in [0.15, 0.2) is 48.8 Å². The maximum Gasteiger partial charge on any atom is 0.0991 e. The smallest absolute Gasteiger partial charge is 0.0991 e. The van der Waals surface area contributed by atoms with Crippen molar-refractivity contribution in [1.29, 1.82) is 5.26 Å². The van der Waals surface area contributed by atoms with Gasteiger partial charge in [-0.3, -0.25) is 9.88 Å². The quantitative estimate of drug-likeness (QED) is 0.872. The Bertz CT molecular complexity index is 630. The molecule has 0 aliphatic carbocycles. The molecular weight excluding hydrogens is 272 g/mol. The molecule has 0 amide bonds. The third-order valence-electron chi connectivity index (χ3n) is 4.08. The van der Waals surface area contributed by atoms with Gasteiger partial charge in [0.1, 0.15) is 0 Å². The lowest BCUT2D eigenvalue weighted by Crippen LogP contribution is -2.30. The number of nitriles is 1. The van der Waals surface area contributed by atoms with E-state index in [9.17, 15) is 0 Å². The van der Waals surface area contributed by atoms with Gasteiger partial charge in [0, 0.05) is 50.8 Å². The Morgan fingerprint density at radius 1 is 1.05 bits per heavy atom. The Labute approximate surface area is 131 Å². The second-order valence-electron chi connectivity index (χ2n) is 5.64. The summed E-state index contributed by atoms with van der Waals surface area (Å²) in [5.41, 5.74) is 3.20. The molecule has 1 saturated heterocycles. The number of hydrogen-bond donors (Lipinski definition) is 0. The lowest BCUT2D eigenvalue weighted by Gasteiger charge is -2.23. The predicted octanol–water partition coefficient (Wildman–Crippen LogP) is 2.67. The van der Waals surface area contributed by atoms with E-state index in [2.05, 4.69) is 39.1 Å². The highest BCUT2D eigenvalue weighted by atomic mass is 15.2. The molecule has 1 aliphatic rings. The van der Waals surface area contributed by atoms with Crippen LogP contribution < -0.4 is 4.90 Å². The van der Waals surface area contributed by atoms with Gasteiger partial charge in [0.15, 0.2) is 0 Å². The van der Waals surface area contributed by atoms with Gasteiger partial charge in [-0.15, -0.1) is 0 Å². The standard InChI is InChI=1S/C18H20N4/c19-13-16-4-6-18(7-5-16)22-10-2-9-21(11-12-22)15-17-3-1-8-20-14-17/h1,3-8,14H,2,9-12,15H2. The third kappa shape index (κ3) is 3.63. The monoisotopic (exact) mass is 292 g/mol. The first-order chi connectivity index (χ1) is 10.8. The summed E-state index contributed by atoms with van der Waals surface area (Å²) < 4.78 is 0. The lowest BCUT2D eigenvalue weighted by molar-refractivity contribution is 0.285. The number of aromatic nitrogens is 1. The third-order valence-corrected chi connectivity index (χ3v) is 4.08. The summed E-state index contributed by atoms with van der Waals surface area (Å²) in [6.07, 6.45) is 4.92. The first-order valence-corrected chi connectivity index (χ1v) is 7.71. The van der Waals surface area contributed by atoms with E-state index in [0.717, 1.165) is 44.7 Å². The van der Waals surface area contributed by atoms with Gasteiger partial charge in [-0.25, -0.2) is 0 Å². The molecule has 4 heteroatoms. The van der Waals surface area contributed by atoms with E-state index in [-0.39, 0.29) is 0 Å². The van der Waals surface area contributed by atoms with Crippen LogP contribution >= 0.6 is 0 Å². The Balaban J connectivity index is 1.61. The second-order valence-corrected chi connectivity index (χ2v) is 5.64. The molecule has 1 fully saturated rings. The molecule has 0 saturated carbocycles. The predicted molar refractivity (Wildman–Crippen MR) is 87.5 cm³/mol. The Morgan fingerprint density at radius 3 is 2.64 bits per heavy atom.